The van der Waals surface area contributed by atoms with Crippen molar-refractivity contribution in [3.8, 4) is 0 Å². The molecule has 0 aliphatic rings. The molecule has 2 atom stereocenters. The minimum atomic E-state index is -0.373. The molecule has 114 valence electrons. The van der Waals surface area contributed by atoms with E-state index < -0.39 is 0 Å². The lowest BCUT2D eigenvalue weighted by atomic mass is 10.4. The number of esters is 2. The normalized spacial score (nSPS) is 12.7. The first-order valence-corrected chi connectivity index (χ1v) is 6.32. The molecule has 6 nitrogen and oxygen atoms in total. The van der Waals surface area contributed by atoms with Gasteiger partial charge in [-0.1, -0.05) is 6.92 Å². The molecule has 2 unspecified atom stereocenters. The standard InChI is InChI=1S/C7H14O3.C6H12O3/c1-4-9-5-6(2)10-7(3)8;1-4-6(8-3)9-5(2)7/h6H,4-5H2,1-3H3;6H,4H2,1-3H3. The van der Waals surface area contributed by atoms with Crippen molar-refractivity contribution in [3.63, 3.8) is 0 Å². The van der Waals surface area contributed by atoms with Gasteiger partial charge in [-0.05, 0) is 13.8 Å². The third-order valence-electron chi connectivity index (χ3n) is 1.82. The molecule has 0 aliphatic heterocycles. The number of rotatable bonds is 7. The van der Waals surface area contributed by atoms with Crippen LogP contribution in [-0.4, -0.2) is 44.7 Å². The predicted octanol–water partition coefficient (Wildman–Crippen LogP) is 1.91. The number of ether oxygens (including phenoxy) is 4. The molecule has 6 heteroatoms. The van der Waals surface area contributed by atoms with Gasteiger partial charge < -0.3 is 18.9 Å². The van der Waals surface area contributed by atoms with E-state index in [4.69, 9.17) is 14.2 Å². The monoisotopic (exact) mass is 278 g/mol. The van der Waals surface area contributed by atoms with Crippen LogP contribution in [0.1, 0.15) is 41.0 Å². The lowest BCUT2D eigenvalue weighted by Gasteiger charge is -2.11. The zero-order chi connectivity index (χ0) is 15.3. The highest BCUT2D eigenvalue weighted by Gasteiger charge is 2.05. The molecule has 0 aliphatic carbocycles. The second-order valence-electron chi connectivity index (χ2n) is 3.76. The maximum Gasteiger partial charge on any atom is 0.304 e. The first-order chi connectivity index (χ1) is 8.87. The molecule has 0 spiro atoms. The van der Waals surface area contributed by atoms with E-state index in [-0.39, 0.29) is 24.3 Å². The summed E-state index contributed by atoms with van der Waals surface area (Å²) in [7, 11) is 1.51. The van der Waals surface area contributed by atoms with Gasteiger partial charge in [-0.2, -0.15) is 0 Å². The fraction of sp³-hybridized carbons (Fsp3) is 0.846. The van der Waals surface area contributed by atoms with Crippen LogP contribution in [0.4, 0.5) is 0 Å². The molecule has 0 aromatic heterocycles. The van der Waals surface area contributed by atoms with Gasteiger partial charge in [-0.15, -0.1) is 0 Å². The Balaban J connectivity index is 0. The summed E-state index contributed by atoms with van der Waals surface area (Å²) in [6, 6.07) is 0. The third kappa shape index (κ3) is 16.9. The van der Waals surface area contributed by atoms with Crippen molar-refractivity contribution in [2.45, 2.75) is 53.4 Å². The molecular formula is C13H26O6. The molecule has 0 saturated heterocycles. The van der Waals surface area contributed by atoms with Crippen LogP contribution in [0, 0.1) is 0 Å². The zero-order valence-corrected chi connectivity index (χ0v) is 12.7. The maximum atomic E-state index is 10.3. The topological polar surface area (TPSA) is 71.1 Å². The van der Waals surface area contributed by atoms with Gasteiger partial charge in [-0.3, -0.25) is 9.59 Å². The largest absolute Gasteiger partial charge is 0.460 e. The maximum absolute atomic E-state index is 10.3. The summed E-state index contributed by atoms with van der Waals surface area (Å²) in [6.07, 6.45) is 0.191. The van der Waals surface area contributed by atoms with Crippen LogP contribution < -0.4 is 0 Å². The minimum absolute atomic E-state index is 0.127. The van der Waals surface area contributed by atoms with Gasteiger partial charge in [-0.25, -0.2) is 0 Å². The van der Waals surface area contributed by atoms with E-state index in [0.717, 1.165) is 0 Å². The van der Waals surface area contributed by atoms with E-state index in [9.17, 15) is 9.59 Å². The van der Waals surface area contributed by atoms with Crippen LogP contribution in [-0.2, 0) is 28.5 Å². The number of hydrogen-bond donors (Lipinski definition) is 0. The van der Waals surface area contributed by atoms with Crippen LogP contribution in [0.2, 0.25) is 0 Å². The lowest BCUT2D eigenvalue weighted by Crippen LogP contribution is -2.18. The number of carbonyl (C=O) groups is 2. The minimum Gasteiger partial charge on any atom is -0.460 e. The van der Waals surface area contributed by atoms with Gasteiger partial charge in [0.05, 0.1) is 6.61 Å². The molecule has 0 rings (SSSR count). The first-order valence-electron chi connectivity index (χ1n) is 6.32. The van der Waals surface area contributed by atoms with Crippen LogP contribution in [0.5, 0.6) is 0 Å². The van der Waals surface area contributed by atoms with Crippen molar-refractivity contribution in [3.05, 3.63) is 0 Å². The van der Waals surface area contributed by atoms with Crippen molar-refractivity contribution >= 4 is 11.9 Å². The van der Waals surface area contributed by atoms with Gasteiger partial charge in [0.2, 0.25) is 6.29 Å². The number of methoxy groups -OCH3 is 1. The molecule has 19 heavy (non-hydrogen) atoms. The average Bonchev–Trinajstić information content (AvgIpc) is 2.33. The Hall–Kier alpha value is -1.14. The Morgan fingerprint density at radius 1 is 1.05 bits per heavy atom. The predicted molar refractivity (Wildman–Crippen MR) is 70.6 cm³/mol. The van der Waals surface area contributed by atoms with Gasteiger partial charge in [0.15, 0.2) is 0 Å². The highest BCUT2D eigenvalue weighted by Crippen LogP contribution is 1.97. The Kier molecular flexibility index (Phi) is 14.1. The Labute approximate surface area is 115 Å². The summed E-state index contributed by atoms with van der Waals surface area (Å²) in [5.41, 5.74) is 0. The van der Waals surface area contributed by atoms with E-state index in [1.165, 1.54) is 21.0 Å². The van der Waals surface area contributed by atoms with Crippen LogP contribution in [0.3, 0.4) is 0 Å². The van der Waals surface area contributed by atoms with Crippen LogP contribution >= 0.6 is 0 Å². The van der Waals surface area contributed by atoms with Crippen molar-refractivity contribution in [1.82, 2.24) is 0 Å². The zero-order valence-electron chi connectivity index (χ0n) is 12.7. The van der Waals surface area contributed by atoms with Gasteiger partial charge in [0, 0.05) is 34.0 Å². The van der Waals surface area contributed by atoms with Crippen LogP contribution in [0.25, 0.3) is 0 Å². The van der Waals surface area contributed by atoms with Gasteiger partial charge in [0.25, 0.3) is 0 Å². The highest BCUT2D eigenvalue weighted by atomic mass is 16.7. The second-order valence-corrected chi connectivity index (χ2v) is 3.76. The summed E-state index contributed by atoms with van der Waals surface area (Å²) in [5.74, 6) is -0.559. The quantitative estimate of drug-likeness (QED) is 0.523. The van der Waals surface area contributed by atoms with Crippen molar-refractivity contribution < 1.29 is 28.5 Å². The molecule has 0 saturated carbocycles. The first kappa shape index (κ1) is 20.2. The highest BCUT2D eigenvalue weighted by molar-refractivity contribution is 5.66. The summed E-state index contributed by atoms with van der Waals surface area (Å²) in [5, 5.41) is 0. The van der Waals surface area contributed by atoms with Crippen molar-refractivity contribution in [2.24, 2.45) is 0 Å². The fourth-order valence-corrected chi connectivity index (χ4v) is 1.08. The summed E-state index contributed by atoms with van der Waals surface area (Å²) >= 11 is 0. The lowest BCUT2D eigenvalue weighted by molar-refractivity contribution is -0.171. The molecule has 0 amide bonds. The van der Waals surface area contributed by atoms with Gasteiger partial charge in [0.1, 0.15) is 6.10 Å². The SMILES string of the molecule is CCC(OC)OC(C)=O.CCOCC(C)OC(C)=O. The van der Waals surface area contributed by atoms with Crippen LogP contribution in [0.15, 0.2) is 0 Å². The van der Waals surface area contributed by atoms with E-state index in [2.05, 4.69) is 4.74 Å². The smallest absolute Gasteiger partial charge is 0.304 e. The van der Waals surface area contributed by atoms with E-state index in [0.29, 0.717) is 19.6 Å². The Morgan fingerprint density at radius 3 is 1.84 bits per heavy atom. The molecule has 0 N–H and O–H groups in total. The fourth-order valence-electron chi connectivity index (χ4n) is 1.08. The van der Waals surface area contributed by atoms with Crippen molar-refractivity contribution in [1.29, 1.82) is 0 Å². The number of hydrogen-bond acceptors (Lipinski definition) is 6. The van der Waals surface area contributed by atoms with Crippen molar-refractivity contribution in [2.75, 3.05) is 20.3 Å². The molecule has 0 fully saturated rings. The molecule has 0 bridgehead atoms. The van der Waals surface area contributed by atoms with Gasteiger partial charge >= 0.3 is 11.9 Å². The molecule has 0 heterocycles. The molecule has 0 radical (unpaired) electrons. The van der Waals surface area contributed by atoms with E-state index in [1.807, 2.05) is 13.8 Å². The summed E-state index contributed by atoms with van der Waals surface area (Å²) in [6.45, 7) is 9.49. The third-order valence-corrected chi connectivity index (χ3v) is 1.82. The Morgan fingerprint density at radius 2 is 1.58 bits per heavy atom. The number of carbonyl (C=O) groups excluding carboxylic acids is 2. The molecule has 0 aromatic rings. The van der Waals surface area contributed by atoms with E-state index >= 15 is 0 Å². The molecular weight excluding hydrogens is 252 g/mol. The second kappa shape index (κ2) is 13.3. The average molecular weight is 278 g/mol. The summed E-state index contributed by atoms with van der Waals surface area (Å²) in [4.78, 5) is 20.6. The molecule has 0 aromatic carbocycles. The van der Waals surface area contributed by atoms with E-state index in [1.54, 1.807) is 6.92 Å². The Bertz CT molecular complexity index is 237. The summed E-state index contributed by atoms with van der Waals surface area (Å²) < 4.78 is 19.3.